The molecule has 1 aromatic heterocycles. The van der Waals surface area contributed by atoms with Crippen LogP contribution in [0.5, 0.6) is 0 Å². The van der Waals surface area contributed by atoms with Crippen molar-refractivity contribution >= 4 is 21.6 Å². The first-order valence-electron chi connectivity index (χ1n) is 4.45. The molecule has 1 atom stereocenters. The van der Waals surface area contributed by atoms with Gasteiger partial charge in [0.25, 0.3) is 0 Å². The van der Waals surface area contributed by atoms with Crippen LogP contribution in [0.15, 0.2) is 36.9 Å². The Bertz CT molecular complexity index is 416. The van der Waals surface area contributed by atoms with Crippen molar-refractivity contribution in [3.8, 4) is 0 Å². The monoisotopic (exact) mass is 205 g/mol. The number of aliphatic hydroxyl groups is 1. The standard InChI is InChI=1S/C11H11NOS/c1-2-5-9(13)11-12-8-6-3-4-7-10(8)14-11/h2-4,6-7,9,13H,1,5H2/t9-/m0/s1. The van der Waals surface area contributed by atoms with Crippen LogP contribution in [0.25, 0.3) is 10.2 Å². The van der Waals surface area contributed by atoms with Crippen LogP contribution in [0.2, 0.25) is 0 Å². The molecular weight excluding hydrogens is 194 g/mol. The lowest BCUT2D eigenvalue weighted by Crippen LogP contribution is -1.93. The Kier molecular flexibility index (Phi) is 2.61. The van der Waals surface area contributed by atoms with Gasteiger partial charge in [0.05, 0.1) is 10.2 Å². The molecule has 1 heterocycles. The highest BCUT2D eigenvalue weighted by Crippen LogP contribution is 2.27. The molecule has 1 aromatic carbocycles. The second-order valence-corrected chi connectivity index (χ2v) is 4.12. The van der Waals surface area contributed by atoms with Crippen LogP contribution in [0.1, 0.15) is 17.5 Å². The van der Waals surface area contributed by atoms with Crippen LogP contribution in [0.4, 0.5) is 0 Å². The highest BCUT2D eigenvalue weighted by molar-refractivity contribution is 7.18. The molecule has 0 saturated heterocycles. The Hall–Kier alpha value is -1.19. The molecular formula is C11H11NOS. The van der Waals surface area contributed by atoms with E-state index >= 15 is 0 Å². The number of aromatic nitrogens is 1. The van der Waals surface area contributed by atoms with Gasteiger partial charge in [-0.1, -0.05) is 18.2 Å². The molecule has 0 aliphatic carbocycles. The predicted octanol–water partition coefficient (Wildman–Crippen LogP) is 2.91. The van der Waals surface area contributed by atoms with Crippen LogP contribution < -0.4 is 0 Å². The van der Waals surface area contributed by atoms with Gasteiger partial charge >= 0.3 is 0 Å². The first-order valence-corrected chi connectivity index (χ1v) is 5.27. The second-order valence-electron chi connectivity index (χ2n) is 3.06. The van der Waals surface area contributed by atoms with E-state index < -0.39 is 6.10 Å². The number of hydrogen-bond acceptors (Lipinski definition) is 3. The zero-order valence-electron chi connectivity index (χ0n) is 7.68. The summed E-state index contributed by atoms with van der Waals surface area (Å²) in [6.07, 6.45) is 1.75. The first-order chi connectivity index (χ1) is 6.81. The quantitative estimate of drug-likeness (QED) is 0.781. The lowest BCUT2D eigenvalue weighted by molar-refractivity contribution is 0.181. The predicted molar refractivity (Wildman–Crippen MR) is 59.4 cm³/mol. The van der Waals surface area contributed by atoms with Crippen molar-refractivity contribution < 1.29 is 5.11 Å². The van der Waals surface area contributed by atoms with Crippen LogP contribution in [0, 0.1) is 0 Å². The van der Waals surface area contributed by atoms with Gasteiger partial charge in [0.2, 0.25) is 0 Å². The largest absolute Gasteiger partial charge is 0.386 e. The van der Waals surface area contributed by atoms with Gasteiger partial charge in [-0.3, -0.25) is 0 Å². The number of aliphatic hydroxyl groups excluding tert-OH is 1. The molecule has 2 aromatic rings. The minimum atomic E-state index is -0.509. The topological polar surface area (TPSA) is 33.1 Å². The van der Waals surface area contributed by atoms with Crippen molar-refractivity contribution in [3.63, 3.8) is 0 Å². The third-order valence-corrected chi connectivity index (χ3v) is 3.12. The summed E-state index contributed by atoms with van der Waals surface area (Å²) in [6, 6.07) is 7.89. The van der Waals surface area contributed by atoms with Gasteiger partial charge in [0, 0.05) is 0 Å². The van der Waals surface area contributed by atoms with Gasteiger partial charge in [0.15, 0.2) is 0 Å². The van der Waals surface area contributed by atoms with Gasteiger partial charge in [-0.25, -0.2) is 4.98 Å². The van der Waals surface area contributed by atoms with Crippen molar-refractivity contribution in [1.29, 1.82) is 0 Å². The molecule has 0 saturated carbocycles. The molecule has 2 nitrogen and oxygen atoms in total. The third-order valence-electron chi connectivity index (χ3n) is 1.99. The van der Waals surface area contributed by atoms with Crippen molar-refractivity contribution in [2.45, 2.75) is 12.5 Å². The third kappa shape index (κ3) is 1.69. The maximum atomic E-state index is 9.70. The van der Waals surface area contributed by atoms with Crippen molar-refractivity contribution in [2.75, 3.05) is 0 Å². The van der Waals surface area contributed by atoms with E-state index in [9.17, 15) is 5.11 Å². The van der Waals surface area contributed by atoms with Crippen LogP contribution in [-0.4, -0.2) is 10.1 Å². The average molecular weight is 205 g/mol. The highest BCUT2D eigenvalue weighted by Gasteiger charge is 2.10. The fraction of sp³-hybridized carbons (Fsp3) is 0.182. The maximum absolute atomic E-state index is 9.70. The second kappa shape index (κ2) is 3.90. The average Bonchev–Trinajstić information content (AvgIpc) is 2.61. The number of benzene rings is 1. The van der Waals surface area contributed by atoms with Crippen LogP contribution in [0.3, 0.4) is 0 Å². The highest BCUT2D eigenvalue weighted by atomic mass is 32.1. The van der Waals surface area contributed by atoms with E-state index in [1.165, 1.54) is 11.3 Å². The minimum absolute atomic E-state index is 0.509. The van der Waals surface area contributed by atoms with Crippen LogP contribution >= 0.6 is 11.3 Å². The molecule has 0 spiro atoms. The smallest absolute Gasteiger partial charge is 0.123 e. The number of thiazole rings is 1. The molecule has 0 radical (unpaired) electrons. The van der Waals surface area contributed by atoms with Crippen molar-refractivity contribution in [2.24, 2.45) is 0 Å². The lowest BCUT2D eigenvalue weighted by Gasteiger charge is -2.01. The fourth-order valence-electron chi connectivity index (χ4n) is 1.29. The molecule has 0 aliphatic rings. The summed E-state index contributed by atoms with van der Waals surface area (Å²) in [7, 11) is 0. The van der Waals surface area contributed by atoms with E-state index in [2.05, 4.69) is 11.6 Å². The summed E-state index contributed by atoms with van der Waals surface area (Å²) in [6.45, 7) is 3.60. The molecule has 0 bridgehead atoms. The number of fused-ring (bicyclic) bond motifs is 1. The zero-order chi connectivity index (χ0) is 9.97. The number of hydrogen-bond donors (Lipinski definition) is 1. The molecule has 0 fully saturated rings. The van der Waals surface area contributed by atoms with E-state index in [0.29, 0.717) is 6.42 Å². The molecule has 0 aliphatic heterocycles. The normalized spacial score (nSPS) is 12.9. The maximum Gasteiger partial charge on any atom is 0.123 e. The SMILES string of the molecule is C=CC[C@H](O)c1nc2ccccc2s1. The molecule has 0 amide bonds. The van der Waals surface area contributed by atoms with E-state index in [0.717, 1.165) is 15.2 Å². The Morgan fingerprint density at radius 2 is 2.29 bits per heavy atom. The lowest BCUT2D eigenvalue weighted by atomic mass is 10.2. The van der Waals surface area contributed by atoms with Gasteiger partial charge in [-0.05, 0) is 18.6 Å². The fourth-order valence-corrected chi connectivity index (χ4v) is 2.26. The van der Waals surface area contributed by atoms with E-state index in [1.807, 2.05) is 24.3 Å². The molecule has 1 N–H and O–H groups in total. The summed E-state index contributed by atoms with van der Waals surface area (Å²) in [5, 5.41) is 10.5. The number of rotatable bonds is 3. The molecule has 0 unspecified atom stereocenters. The summed E-state index contributed by atoms with van der Waals surface area (Å²) in [5.74, 6) is 0. The zero-order valence-corrected chi connectivity index (χ0v) is 8.50. The summed E-state index contributed by atoms with van der Waals surface area (Å²) >= 11 is 1.54. The number of para-hydroxylation sites is 1. The van der Waals surface area contributed by atoms with Gasteiger partial charge in [-0.15, -0.1) is 17.9 Å². The summed E-state index contributed by atoms with van der Waals surface area (Å²) in [4.78, 5) is 4.35. The Morgan fingerprint density at radius 3 is 3.00 bits per heavy atom. The summed E-state index contributed by atoms with van der Waals surface area (Å²) in [5.41, 5.74) is 0.954. The Labute approximate surface area is 86.5 Å². The molecule has 3 heteroatoms. The molecule has 2 rings (SSSR count). The Morgan fingerprint density at radius 1 is 1.50 bits per heavy atom. The van der Waals surface area contributed by atoms with Gasteiger partial charge in [0.1, 0.15) is 11.1 Å². The molecule has 14 heavy (non-hydrogen) atoms. The van der Waals surface area contributed by atoms with Gasteiger partial charge < -0.3 is 5.11 Å². The van der Waals surface area contributed by atoms with E-state index in [4.69, 9.17) is 0 Å². The summed E-state index contributed by atoms with van der Waals surface area (Å²) < 4.78 is 1.12. The van der Waals surface area contributed by atoms with Crippen molar-refractivity contribution in [1.82, 2.24) is 4.98 Å². The van der Waals surface area contributed by atoms with Crippen LogP contribution in [-0.2, 0) is 0 Å². The Balaban J connectivity index is 2.39. The van der Waals surface area contributed by atoms with E-state index in [1.54, 1.807) is 6.08 Å². The molecule has 72 valence electrons. The first kappa shape index (κ1) is 9.37. The number of nitrogens with zero attached hydrogens (tertiary/aromatic N) is 1. The minimum Gasteiger partial charge on any atom is -0.386 e. The van der Waals surface area contributed by atoms with Gasteiger partial charge in [-0.2, -0.15) is 0 Å². The van der Waals surface area contributed by atoms with E-state index in [-0.39, 0.29) is 0 Å². The van der Waals surface area contributed by atoms with Crippen molar-refractivity contribution in [3.05, 3.63) is 41.9 Å².